The number of aryl methyl sites for hydroxylation is 1. The summed E-state index contributed by atoms with van der Waals surface area (Å²) in [5, 5.41) is 11.7. The lowest BCUT2D eigenvalue weighted by Gasteiger charge is -2.29. The van der Waals surface area contributed by atoms with E-state index in [1.807, 2.05) is 6.92 Å². The number of ether oxygens (including phenoxy) is 1. The third-order valence-electron chi connectivity index (χ3n) is 5.67. The number of nitrogens with one attached hydrogen (secondary N) is 1. The second-order valence-electron chi connectivity index (χ2n) is 8.66. The molecule has 0 heterocycles. The van der Waals surface area contributed by atoms with E-state index in [0.29, 0.717) is 17.9 Å². The van der Waals surface area contributed by atoms with Crippen molar-refractivity contribution in [1.29, 1.82) is 0 Å². The zero-order valence-corrected chi connectivity index (χ0v) is 19.9. The number of halogens is 10. The average Bonchev–Trinajstić information content (AvgIpc) is 2.84. The van der Waals surface area contributed by atoms with Crippen LogP contribution < -0.4 is 10.1 Å². The van der Waals surface area contributed by atoms with Crippen molar-refractivity contribution < 1.29 is 53.7 Å². The monoisotopic (exact) mass is 569 g/mol. The van der Waals surface area contributed by atoms with Crippen LogP contribution in [0.5, 0.6) is 11.5 Å². The first-order chi connectivity index (χ1) is 17.9. The molecule has 39 heavy (non-hydrogen) atoms. The van der Waals surface area contributed by atoms with Crippen LogP contribution in [0.4, 0.5) is 43.9 Å². The molecule has 212 valence electrons. The Labute approximate surface area is 216 Å². The van der Waals surface area contributed by atoms with Gasteiger partial charge in [-0.2, -0.15) is 43.9 Å². The topological polar surface area (TPSA) is 41.5 Å². The minimum absolute atomic E-state index is 0.0806. The second kappa shape index (κ2) is 11.0. The molecule has 2 N–H and O–H groups in total. The highest BCUT2D eigenvalue weighted by atomic mass is 19.4. The van der Waals surface area contributed by atoms with Gasteiger partial charge in [0.15, 0.2) is 6.10 Å². The van der Waals surface area contributed by atoms with Gasteiger partial charge in [-0.15, -0.1) is 0 Å². The Bertz CT molecular complexity index is 1260. The van der Waals surface area contributed by atoms with Crippen LogP contribution in [-0.4, -0.2) is 36.0 Å². The van der Waals surface area contributed by atoms with Gasteiger partial charge in [-0.1, -0.05) is 48.0 Å². The lowest BCUT2D eigenvalue weighted by atomic mass is 9.93. The second-order valence-corrected chi connectivity index (χ2v) is 8.66. The standard InChI is InChI=1S/C26H21F10NO2/c1-15-8-10-19(11-9-15)39-20-7-3-5-17(13-20)22(37-14-21(38)24(29,30)31)16-4-2-6-18(12-16)23(27,28)25(32,33)26(34,35)36/h2-13,21-22,37-38H,14H2,1H3/t21-,22?/m1/s1. The summed E-state index contributed by atoms with van der Waals surface area (Å²) in [4.78, 5) is 0. The number of aliphatic hydroxyl groups excluding tert-OH is 1. The van der Waals surface area contributed by atoms with Crippen LogP contribution in [0.15, 0.2) is 72.8 Å². The van der Waals surface area contributed by atoms with E-state index in [1.54, 1.807) is 24.3 Å². The molecule has 0 aromatic heterocycles. The maximum Gasteiger partial charge on any atom is 0.460 e. The molecule has 0 fully saturated rings. The van der Waals surface area contributed by atoms with Crippen molar-refractivity contribution in [3.8, 4) is 11.5 Å². The average molecular weight is 569 g/mol. The molecular weight excluding hydrogens is 548 g/mol. The Hall–Kier alpha value is -3.32. The molecule has 0 aliphatic heterocycles. The molecule has 0 aliphatic rings. The highest BCUT2D eigenvalue weighted by Crippen LogP contribution is 2.52. The summed E-state index contributed by atoms with van der Waals surface area (Å²) in [6.45, 7) is 0.675. The zero-order valence-electron chi connectivity index (χ0n) is 19.9. The van der Waals surface area contributed by atoms with E-state index in [2.05, 4.69) is 5.32 Å². The molecule has 1 unspecified atom stereocenters. The van der Waals surface area contributed by atoms with Crippen molar-refractivity contribution in [2.75, 3.05) is 6.54 Å². The van der Waals surface area contributed by atoms with Crippen molar-refractivity contribution in [2.24, 2.45) is 0 Å². The third-order valence-corrected chi connectivity index (χ3v) is 5.67. The fraction of sp³-hybridized carbons (Fsp3) is 0.308. The number of alkyl halides is 10. The fourth-order valence-electron chi connectivity index (χ4n) is 3.55. The maximum atomic E-state index is 14.4. The summed E-state index contributed by atoms with van der Waals surface area (Å²) in [6, 6.07) is 13.3. The Kier molecular flexibility index (Phi) is 8.56. The van der Waals surface area contributed by atoms with E-state index >= 15 is 0 Å². The van der Waals surface area contributed by atoms with Crippen molar-refractivity contribution >= 4 is 0 Å². The van der Waals surface area contributed by atoms with E-state index in [-0.39, 0.29) is 16.9 Å². The summed E-state index contributed by atoms with van der Waals surface area (Å²) < 4.78 is 139. The van der Waals surface area contributed by atoms with E-state index in [0.717, 1.165) is 17.7 Å². The number of benzene rings is 3. The lowest BCUT2D eigenvalue weighted by molar-refractivity contribution is -0.359. The molecule has 13 heteroatoms. The summed E-state index contributed by atoms with van der Waals surface area (Å²) in [5.74, 6) is -11.6. The van der Waals surface area contributed by atoms with Gasteiger partial charge < -0.3 is 15.2 Å². The van der Waals surface area contributed by atoms with Gasteiger partial charge in [-0.3, -0.25) is 0 Å². The number of rotatable bonds is 9. The molecule has 0 amide bonds. The van der Waals surface area contributed by atoms with E-state index < -0.39 is 48.5 Å². The minimum Gasteiger partial charge on any atom is -0.457 e. The Balaban J connectivity index is 2.03. The van der Waals surface area contributed by atoms with Crippen molar-refractivity contribution in [1.82, 2.24) is 5.32 Å². The zero-order chi connectivity index (χ0) is 29.2. The van der Waals surface area contributed by atoms with Gasteiger partial charge in [0.05, 0.1) is 6.04 Å². The van der Waals surface area contributed by atoms with Gasteiger partial charge in [0.25, 0.3) is 0 Å². The van der Waals surface area contributed by atoms with Crippen molar-refractivity contribution in [3.63, 3.8) is 0 Å². The van der Waals surface area contributed by atoms with Crippen molar-refractivity contribution in [3.05, 3.63) is 95.1 Å². The van der Waals surface area contributed by atoms with E-state index in [4.69, 9.17) is 4.74 Å². The first-order valence-electron chi connectivity index (χ1n) is 11.2. The molecule has 0 saturated heterocycles. The molecule has 0 saturated carbocycles. The van der Waals surface area contributed by atoms with Crippen LogP contribution in [0.3, 0.4) is 0 Å². The first kappa shape index (κ1) is 30.2. The fourth-order valence-corrected chi connectivity index (χ4v) is 3.55. The highest BCUT2D eigenvalue weighted by molar-refractivity contribution is 5.41. The predicted octanol–water partition coefficient (Wildman–Crippen LogP) is 7.68. The Morgan fingerprint density at radius 3 is 1.87 bits per heavy atom. The smallest absolute Gasteiger partial charge is 0.457 e. The summed E-state index contributed by atoms with van der Waals surface area (Å²) >= 11 is 0. The van der Waals surface area contributed by atoms with E-state index in [9.17, 15) is 49.0 Å². The molecule has 0 radical (unpaired) electrons. The van der Waals surface area contributed by atoms with Crippen LogP contribution >= 0.6 is 0 Å². The molecule has 3 aromatic carbocycles. The van der Waals surface area contributed by atoms with Crippen LogP contribution in [0.25, 0.3) is 0 Å². The van der Waals surface area contributed by atoms with Gasteiger partial charge in [-0.05, 0) is 48.4 Å². The lowest BCUT2D eigenvalue weighted by Crippen LogP contribution is -2.50. The molecule has 2 atom stereocenters. The molecule has 0 bridgehead atoms. The van der Waals surface area contributed by atoms with Gasteiger partial charge in [0.1, 0.15) is 11.5 Å². The highest BCUT2D eigenvalue weighted by Gasteiger charge is 2.73. The van der Waals surface area contributed by atoms with Crippen LogP contribution in [0.2, 0.25) is 0 Å². The SMILES string of the molecule is Cc1ccc(Oc2cccc(C(NC[C@@H](O)C(F)(F)F)c3cccc(C(F)(F)C(F)(F)C(F)(F)F)c3)c2)cc1. The summed E-state index contributed by atoms with van der Waals surface area (Å²) in [7, 11) is 0. The molecule has 3 aromatic rings. The molecule has 3 nitrogen and oxygen atoms in total. The van der Waals surface area contributed by atoms with E-state index in [1.165, 1.54) is 24.3 Å². The first-order valence-corrected chi connectivity index (χ1v) is 11.2. The van der Waals surface area contributed by atoms with Gasteiger partial charge in [0, 0.05) is 12.1 Å². The third kappa shape index (κ3) is 6.82. The largest absolute Gasteiger partial charge is 0.460 e. The Morgan fingerprint density at radius 2 is 1.31 bits per heavy atom. The molecule has 3 rings (SSSR count). The summed E-state index contributed by atoms with van der Waals surface area (Å²) in [5.41, 5.74) is -1.07. The summed E-state index contributed by atoms with van der Waals surface area (Å²) in [6.07, 6.45) is -14.5. The van der Waals surface area contributed by atoms with Crippen LogP contribution in [0.1, 0.15) is 28.3 Å². The van der Waals surface area contributed by atoms with Crippen LogP contribution in [0, 0.1) is 6.92 Å². The molecule has 0 spiro atoms. The maximum absolute atomic E-state index is 14.4. The predicted molar refractivity (Wildman–Crippen MR) is 121 cm³/mol. The molecule has 0 aliphatic carbocycles. The van der Waals surface area contributed by atoms with Gasteiger partial charge in [-0.25, -0.2) is 0 Å². The number of hydrogen-bond acceptors (Lipinski definition) is 3. The van der Waals surface area contributed by atoms with Gasteiger partial charge in [0.2, 0.25) is 0 Å². The Morgan fingerprint density at radius 1 is 0.744 bits per heavy atom. The van der Waals surface area contributed by atoms with Crippen molar-refractivity contribution in [2.45, 2.75) is 43.3 Å². The number of hydrogen-bond donors (Lipinski definition) is 2. The van der Waals surface area contributed by atoms with Crippen LogP contribution in [-0.2, 0) is 5.92 Å². The molecular formula is C26H21F10NO2. The quantitative estimate of drug-likeness (QED) is 0.260. The van der Waals surface area contributed by atoms with Gasteiger partial charge >= 0.3 is 24.2 Å². The number of aliphatic hydroxyl groups is 1. The minimum atomic E-state index is -6.58. The normalized spacial score (nSPS) is 14.7.